The van der Waals surface area contributed by atoms with Crippen LogP contribution in [0.3, 0.4) is 0 Å². The summed E-state index contributed by atoms with van der Waals surface area (Å²) in [4.78, 5) is 27.0. The second-order valence-corrected chi connectivity index (χ2v) is 6.41. The number of phenolic OH excluding ortho intramolecular Hbond substituents is 1. The number of halogens is 1. The van der Waals surface area contributed by atoms with E-state index >= 15 is 0 Å². The molecule has 0 saturated carbocycles. The standard InChI is InChI=1S/C21H18ClNO5/c1-12-18(21(26)28-3)14(11-13-7-6-10-17(27-2)19(13)24)20(25)23(12)16-9-5-4-8-15(16)22/h4-11,24H,1-3H3/b14-11-. The van der Waals surface area contributed by atoms with Gasteiger partial charge in [0.05, 0.1) is 36.1 Å². The number of amides is 1. The number of ether oxygens (including phenoxy) is 2. The van der Waals surface area contributed by atoms with E-state index in [-0.39, 0.29) is 22.6 Å². The molecule has 1 heterocycles. The molecule has 1 aliphatic heterocycles. The van der Waals surface area contributed by atoms with Gasteiger partial charge in [0.2, 0.25) is 0 Å². The zero-order valence-corrected chi connectivity index (χ0v) is 16.3. The number of benzene rings is 2. The topological polar surface area (TPSA) is 76.1 Å². The molecule has 0 unspecified atom stereocenters. The number of para-hydroxylation sites is 2. The quantitative estimate of drug-likeness (QED) is 0.622. The molecule has 6 nitrogen and oxygen atoms in total. The van der Waals surface area contributed by atoms with Crippen LogP contribution < -0.4 is 9.64 Å². The summed E-state index contributed by atoms with van der Waals surface area (Å²) in [6.07, 6.45) is 1.44. The summed E-state index contributed by atoms with van der Waals surface area (Å²) < 4.78 is 9.98. The molecule has 0 aromatic heterocycles. The molecule has 1 aliphatic rings. The third-order valence-electron chi connectivity index (χ3n) is 4.43. The molecule has 2 aromatic rings. The number of allylic oxidation sites excluding steroid dienone is 1. The van der Waals surface area contributed by atoms with Gasteiger partial charge in [0.25, 0.3) is 5.91 Å². The SMILES string of the molecule is COC(=O)C1=C(C)N(c2ccccc2Cl)C(=O)/C1=C\c1cccc(OC)c1O. The first-order chi connectivity index (χ1) is 13.4. The van der Waals surface area contributed by atoms with E-state index in [1.54, 1.807) is 49.4 Å². The third-order valence-corrected chi connectivity index (χ3v) is 4.75. The number of methoxy groups -OCH3 is 2. The van der Waals surface area contributed by atoms with Crippen LogP contribution in [0.4, 0.5) is 5.69 Å². The number of anilines is 1. The van der Waals surface area contributed by atoms with Crippen LogP contribution in [-0.2, 0) is 14.3 Å². The molecule has 0 saturated heterocycles. The van der Waals surface area contributed by atoms with Crippen LogP contribution in [0.15, 0.2) is 59.3 Å². The van der Waals surface area contributed by atoms with Gasteiger partial charge in [0.15, 0.2) is 11.5 Å². The Labute approximate surface area is 167 Å². The molecule has 0 fully saturated rings. The first-order valence-electron chi connectivity index (χ1n) is 8.37. The molecule has 0 spiro atoms. The van der Waals surface area contributed by atoms with E-state index < -0.39 is 11.9 Å². The van der Waals surface area contributed by atoms with Crippen molar-refractivity contribution in [3.05, 3.63) is 69.9 Å². The van der Waals surface area contributed by atoms with E-state index in [0.29, 0.717) is 22.0 Å². The highest BCUT2D eigenvalue weighted by Gasteiger charge is 2.38. The normalized spacial score (nSPS) is 15.4. The third kappa shape index (κ3) is 3.23. The van der Waals surface area contributed by atoms with Crippen molar-refractivity contribution in [3.63, 3.8) is 0 Å². The molecule has 0 radical (unpaired) electrons. The van der Waals surface area contributed by atoms with Gasteiger partial charge in [0.1, 0.15) is 0 Å². The Morgan fingerprint density at radius 1 is 1.14 bits per heavy atom. The van der Waals surface area contributed by atoms with Crippen molar-refractivity contribution in [2.75, 3.05) is 19.1 Å². The summed E-state index contributed by atoms with van der Waals surface area (Å²) in [6, 6.07) is 11.7. The van der Waals surface area contributed by atoms with Crippen molar-refractivity contribution in [1.82, 2.24) is 0 Å². The van der Waals surface area contributed by atoms with E-state index in [1.807, 2.05) is 0 Å². The Balaban J connectivity index is 2.20. The lowest BCUT2D eigenvalue weighted by Crippen LogP contribution is -2.24. The minimum absolute atomic E-state index is 0.0906. The lowest BCUT2D eigenvalue weighted by atomic mass is 10.0. The van der Waals surface area contributed by atoms with Crippen LogP contribution in [0.2, 0.25) is 5.02 Å². The molecule has 1 N–H and O–H groups in total. The first kappa shape index (κ1) is 19.5. The Bertz CT molecular complexity index is 1030. The van der Waals surface area contributed by atoms with Crippen molar-refractivity contribution in [3.8, 4) is 11.5 Å². The number of hydrogen-bond acceptors (Lipinski definition) is 5. The Kier molecular flexibility index (Phi) is 5.42. The Morgan fingerprint density at radius 3 is 2.50 bits per heavy atom. The maximum absolute atomic E-state index is 13.2. The summed E-state index contributed by atoms with van der Waals surface area (Å²) in [7, 11) is 2.67. The molecule has 7 heteroatoms. The predicted molar refractivity (Wildman–Crippen MR) is 106 cm³/mol. The van der Waals surface area contributed by atoms with E-state index in [2.05, 4.69) is 0 Å². The van der Waals surface area contributed by atoms with E-state index in [4.69, 9.17) is 21.1 Å². The maximum atomic E-state index is 13.2. The summed E-state index contributed by atoms with van der Waals surface area (Å²) in [5.41, 5.74) is 1.37. The van der Waals surface area contributed by atoms with Crippen LogP contribution in [0, 0.1) is 0 Å². The van der Waals surface area contributed by atoms with E-state index in [9.17, 15) is 14.7 Å². The highest BCUT2D eigenvalue weighted by Crippen LogP contribution is 2.39. The molecule has 2 aromatic carbocycles. The number of carbonyl (C=O) groups is 2. The van der Waals surface area contributed by atoms with Gasteiger partial charge in [-0.1, -0.05) is 35.9 Å². The molecule has 0 atom stereocenters. The summed E-state index contributed by atoms with van der Waals surface area (Å²) in [5, 5.41) is 10.7. The fourth-order valence-electron chi connectivity index (χ4n) is 3.08. The number of aromatic hydroxyl groups is 1. The van der Waals surface area contributed by atoms with Crippen molar-refractivity contribution >= 4 is 35.2 Å². The zero-order chi connectivity index (χ0) is 20.4. The number of phenols is 1. The van der Waals surface area contributed by atoms with Crippen molar-refractivity contribution in [1.29, 1.82) is 0 Å². The molecule has 144 valence electrons. The second kappa shape index (κ2) is 7.78. The van der Waals surface area contributed by atoms with Gasteiger partial charge in [-0.2, -0.15) is 0 Å². The van der Waals surface area contributed by atoms with Gasteiger partial charge < -0.3 is 14.6 Å². The van der Waals surface area contributed by atoms with E-state index in [0.717, 1.165) is 0 Å². The molecule has 3 rings (SSSR count). The Morgan fingerprint density at radius 2 is 1.86 bits per heavy atom. The van der Waals surface area contributed by atoms with Gasteiger partial charge in [-0.3, -0.25) is 9.69 Å². The van der Waals surface area contributed by atoms with Gasteiger partial charge in [0, 0.05) is 11.3 Å². The average molecular weight is 400 g/mol. The number of esters is 1. The molecule has 1 amide bonds. The first-order valence-corrected chi connectivity index (χ1v) is 8.74. The smallest absolute Gasteiger partial charge is 0.340 e. The number of rotatable bonds is 4. The minimum atomic E-state index is -0.658. The van der Waals surface area contributed by atoms with Crippen LogP contribution in [0.1, 0.15) is 12.5 Å². The number of carbonyl (C=O) groups excluding carboxylic acids is 2. The summed E-state index contributed by atoms with van der Waals surface area (Å²) >= 11 is 6.26. The second-order valence-electron chi connectivity index (χ2n) is 6.00. The molecular formula is C21H18ClNO5. The van der Waals surface area contributed by atoms with Gasteiger partial charge in [-0.15, -0.1) is 0 Å². The molecule has 0 bridgehead atoms. The van der Waals surface area contributed by atoms with Gasteiger partial charge in [-0.25, -0.2) is 4.79 Å². The van der Waals surface area contributed by atoms with Crippen molar-refractivity contribution in [2.24, 2.45) is 0 Å². The fourth-order valence-corrected chi connectivity index (χ4v) is 3.30. The average Bonchev–Trinajstić information content (AvgIpc) is 2.93. The Hall–Kier alpha value is -3.25. The lowest BCUT2D eigenvalue weighted by Gasteiger charge is -2.19. The van der Waals surface area contributed by atoms with Gasteiger partial charge >= 0.3 is 5.97 Å². The number of hydrogen-bond donors (Lipinski definition) is 1. The molecule has 0 aliphatic carbocycles. The predicted octanol–water partition coefficient (Wildman–Crippen LogP) is 3.93. The lowest BCUT2D eigenvalue weighted by molar-refractivity contribution is -0.136. The van der Waals surface area contributed by atoms with Gasteiger partial charge in [-0.05, 0) is 31.2 Å². The highest BCUT2D eigenvalue weighted by atomic mass is 35.5. The summed E-state index contributed by atoms with van der Waals surface area (Å²) in [5.74, 6) is -0.992. The van der Waals surface area contributed by atoms with Crippen LogP contribution in [0.25, 0.3) is 6.08 Å². The fraction of sp³-hybridized carbons (Fsp3) is 0.143. The van der Waals surface area contributed by atoms with Crippen LogP contribution in [0.5, 0.6) is 11.5 Å². The number of nitrogens with zero attached hydrogens (tertiary/aromatic N) is 1. The van der Waals surface area contributed by atoms with E-state index in [1.165, 1.54) is 25.2 Å². The van der Waals surface area contributed by atoms with Crippen LogP contribution in [-0.4, -0.2) is 31.2 Å². The molecule has 28 heavy (non-hydrogen) atoms. The monoisotopic (exact) mass is 399 g/mol. The van der Waals surface area contributed by atoms with Crippen molar-refractivity contribution < 1.29 is 24.2 Å². The highest BCUT2D eigenvalue weighted by molar-refractivity contribution is 6.35. The molecular weight excluding hydrogens is 382 g/mol. The largest absolute Gasteiger partial charge is 0.504 e. The maximum Gasteiger partial charge on any atom is 0.340 e. The van der Waals surface area contributed by atoms with Crippen molar-refractivity contribution in [2.45, 2.75) is 6.92 Å². The zero-order valence-electron chi connectivity index (χ0n) is 15.5. The van der Waals surface area contributed by atoms with Crippen LogP contribution >= 0.6 is 11.6 Å². The summed E-state index contributed by atoms with van der Waals surface area (Å²) in [6.45, 7) is 1.64. The minimum Gasteiger partial charge on any atom is -0.504 e.